The highest BCUT2D eigenvalue weighted by molar-refractivity contribution is 5.76. The molecule has 1 atom stereocenters. The second-order valence-electron chi connectivity index (χ2n) is 15.1. The van der Waals surface area contributed by atoms with Gasteiger partial charge in [-0.2, -0.15) is 0 Å². The summed E-state index contributed by atoms with van der Waals surface area (Å²) in [7, 11) is 0. The molecule has 1 unspecified atom stereocenters. The first-order chi connectivity index (χ1) is 23.4. The van der Waals surface area contributed by atoms with E-state index in [2.05, 4.69) is 153 Å². The summed E-state index contributed by atoms with van der Waals surface area (Å²) in [6.07, 6.45) is 20.3. The normalized spacial score (nSPS) is 22.2. The average Bonchev–Trinajstić information content (AvgIpc) is 3.13. The lowest BCUT2D eigenvalue weighted by atomic mass is 9.58. The molecule has 2 fully saturated rings. The molecule has 3 aliphatic carbocycles. The number of anilines is 4. The van der Waals surface area contributed by atoms with Crippen molar-refractivity contribution in [1.82, 2.24) is 0 Å². The van der Waals surface area contributed by atoms with Gasteiger partial charge < -0.3 is 9.80 Å². The molecular formula is C46H54N2. The fourth-order valence-electron chi connectivity index (χ4n) is 9.11. The van der Waals surface area contributed by atoms with E-state index in [-0.39, 0.29) is 0 Å². The maximum atomic E-state index is 2.78. The predicted octanol–water partition coefficient (Wildman–Crippen LogP) is 12.6. The highest BCUT2D eigenvalue weighted by atomic mass is 15.2. The van der Waals surface area contributed by atoms with Gasteiger partial charge in [-0.05, 0) is 138 Å². The number of nitrogens with zero attached hydrogens (tertiary/aromatic N) is 2. The lowest BCUT2D eigenvalue weighted by molar-refractivity contribution is 0.139. The minimum Gasteiger partial charge on any atom is -0.362 e. The minimum absolute atomic E-state index is 0.291. The van der Waals surface area contributed by atoms with E-state index in [9.17, 15) is 0 Å². The Kier molecular flexibility index (Phi) is 9.62. The van der Waals surface area contributed by atoms with Gasteiger partial charge >= 0.3 is 0 Å². The quantitative estimate of drug-likeness (QED) is 0.190. The van der Waals surface area contributed by atoms with Crippen molar-refractivity contribution in [2.24, 2.45) is 5.92 Å². The second kappa shape index (κ2) is 14.2. The highest BCUT2D eigenvalue weighted by Crippen LogP contribution is 2.51. The summed E-state index contributed by atoms with van der Waals surface area (Å²) >= 11 is 0. The highest BCUT2D eigenvalue weighted by Gasteiger charge is 2.43. The topological polar surface area (TPSA) is 6.48 Å². The third kappa shape index (κ3) is 6.77. The molecule has 0 aliphatic heterocycles. The number of allylic oxidation sites excluding steroid dienone is 2. The van der Waals surface area contributed by atoms with Gasteiger partial charge in [-0.1, -0.05) is 108 Å². The Labute approximate surface area is 290 Å². The third-order valence-corrected chi connectivity index (χ3v) is 11.9. The number of benzene rings is 4. The summed E-state index contributed by atoms with van der Waals surface area (Å²) in [4.78, 5) is 5.19. The first-order valence-corrected chi connectivity index (χ1v) is 18.6. The summed E-state index contributed by atoms with van der Waals surface area (Å²) in [6.45, 7) is 8.76. The summed E-state index contributed by atoms with van der Waals surface area (Å²) in [5.74, 6) is 0.745. The Balaban J connectivity index is 1.15. The van der Waals surface area contributed by atoms with Crippen LogP contribution in [0.2, 0.25) is 0 Å². The van der Waals surface area contributed by atoms with Crippen molar-refractivity contribution in [1.29, 1.82) is 0 Å². The molecule has 3 aliphatic rings. The predicted molar refractivity (Wildman–Crippen MR) is 206 cm³/mol. The van der Waals surface area contributed by atoms with Gasteiger partial charge in [0, 0.05) is 28.8 Å². The smallest absolute Gasteiger partial charge is 0.0513 e. The van der Waals surface area contributed by atoms with E-state index in [1.807, 2.05) is 0 Å². The van der Waals surface area contributed by atoms with Crippen molar-refractivity contribution < 1.29 is 0 Å². The van der Waals surface area contributed by atoms with Gasteiger partial charge in [0.05, 0.1) is 6.04 Å². The van der Waals surface area contributed by atoms with E-state index in [0.717, 1.165) is 12.3 Å². The second-order valence-corrected chi connectivity index (χ2v) is 15.1. The van der Waals surface area contributed by atoms with Crippen molar-refractivity contribution >= 4 is 22.7 Å². The molecular weight excluding hydrogens is 581 g/mol. The van der Waals surface area contributed by atoms with Gasteiger partial charge in [-0.15, -0.1) is 0 Å². The van der Waals surface area contributed by atoms with Gasteiger partial charge in [0.1, 0.15) is 0 Å². The lowest BCUT2D eigenvalue weighted by Crippen LogP contribution is -2.47. The van der Waals surface area contributed by atoms with Crippen LogP contribution in [-0.2, 0) is 5.41 Å². The zero-order chi connectivity index (χ0) is 33.1. The van der Waals surface area contributed by atoms with Crippen LogP contribution in [0, 0.1) is 26.7 Å². The third-order valence-electron chi connectivity index (χ3n) is 11.9. The molecule has 48 heavy (non-hydrogen) atoms. The molecule has 0 N–H and O–H groups in total. The summed E-state index contributed by atoms with van der Waals surface area (Å²) in [6, 6.07) is 38.1. The molecule has 4 aromatic rings. The monoisotopic (exact) mass is 634 g/mol. The molecule has 7 rings (SSSR count). The van der Waals surface area contributed by atoms with Crippen LogP contribution in [0.3, 0.4) is 0 Å². The number of rotatable bonds is 8. The molecule has 0 aromatic heterocycles. The van der Waals surface area contributed by atoms with Crippen molar-refractivity contribution in [2.45, 2.75) is 109 Å². The fourth-order valence-corrected chi connectivity index (χ4v) is 9.11. The summed E-state index contributed by atoms with van der Waals surface area (Å²) in [5.41, 5.74) is 12.2. The standard InChI is InChI=1S/C46H54N2/c1-34-8-20-40(21-9-34)47(41-22-10-35(2)11-23-41)44-28-16-38(17-29-44)46(32-6-5-7-33-46)39-18-30-45(31-19-39)48(42-24-12-36(3)13-25-42)43-26-14-37(4)15-27-43/h8-17,20-26,28-29,39,43,45H,5-7,18-19,27,30-33H2,1-4H3. The fraction of sp³-hybridized carbons (Fsp3) is 0.391. The molecule has 0 saturated heterocycles. The van der Waals surface area contributed by atoms with E-state index in [1.54, 1.807) is 5.56 Å². The van der Waals surface area contributed by atoms with Crippen LogP contribution in [0.4, 0.5) is 22.7 Å². The van der Waals surface area contributed by atoms with Crippen molar-refractivity contribution in [3.63, 3.8) is 0 Å². The Bertz CT molecular complexity index is 1650. The summed E-state index contributed by atoms with van der Waals surface area (Å²) in [5, 5.41) is 0. The average molecular weight is 635 g/mol. The van der Waals surface area contributed by atoms with Gasteiger partial charge in [0.25, 0.3) is 0 Å². The van der Waals surface area contributed by atoms with Crippen LogP contribution in [0.25, 0.3) is 0 Å². The van der Waals surface area contributed by atoms with Gasteiger partial charge in [-0.3, -0.25) is 0 Å². The molecule has 2 saturated carbocycles. The van der Waals surface area contributed by atoms with Crippen LogP contribution in [0.1, 0.15) is 93.4 Å². The van der Waals surface area contributed by atoms with Crippen LogP contribution in [0.5, 0.6) is 0 Å². The van der Waals surface area contributed by atoms with Crippen LogP contribution < -0.4 is 9.80 Å². The van der Waals surface area contributed by atoms with Crippen molar-refractivity contribution in [2.75, 3.05) is 9.80 Å². The van der Waals surface area contributed by atoms with Gasteiger partial charge in [-0.25, -0.2) is 0 Å². The Morgan fingerprint density at radius 3 is 1.50 bits per heavy atom. The van der Waals surface area contributed by atoms with E-state index in [1.165, 1.54) is 103 Å². The zero-order valence-corrected chi connectivity index (χ0v) is 29.7. The molecule has 0 spiro atoms. The Hall–Kier alpha value is -4.04. The van der Waals surface area contributed by atoms with Crippen molar-refractivity contribution in [3.8, 4) is 0 Å². The molecule has 0 radical (unpaired) electrons. The zero-order valence-electron chi connectivity index (χ0n) is 29.7. The molecule has 4 aromatic carbocycles. The van der Waals surface area contributed by atoms with Crippen LogP contribution in [-0.4, -0.2) is 12.1 Å². The van der Waals surface area contributed by atoms with Gasteiger partial charge in [0.15, 0.2) is 0 Å². The van der Waals surface area contributed by atoms with E-state index in [0.29, 0.717) is 17.5 Å². The SMILES string of the molecule is CC1=CCC(N(c2ccc(C)cc2)C2CCC(C3(c4ccc(N(c5ccc(C)cc5)c5ccc(C)cc5)cc4)CCCCC3)CC2)C=C1. The largest absolute Gasteiger partial charge is 0.362 e. The van der Waals surface area contributed by atoms with E-state index >= 15 is 0 Å². The minimum atomic E-state index is 0.291. The number of hydrogen-bond acceptors (Lipinski definition) is 2. The molecule has 0 bridgehead atoms. The number of aryl methyl sites for hydroxylation is 3. The molecule has 2 heteroatoms. The van der Waals surface area contributed by atoms with Crippen molar-refractivity contribution in [3.05, 3.63) is 143 Å². The van der Waals surface area contributed by atoms with Crippen LogP contribution >= 0.6 is 0 Å². The first-order valence-electron chi connectivity index (χ1n) is 18.6. The molecule has 2 nitrogen and oxygen atoms in total. The Morgan fingerprint density at radius 1 is 0.542 bits per heavy atom. The maximum absolute atomic E-state index is 2.78. The lowest BCUT2D eigenvalue weighted by Gasteiger charge is -2.49. The molecule has 248 valence electrons. The molecule has 0 amide bonds. The van der Waals surface area contributed by atoms with Crippen LogP contribution in [0.15, 0.2) is 121 Å². The van der Waals surface area contributed by atoms with Gasteiger partial charge in [0.2, 0.25) is 0 Å². The number of hydrogen-bond donors (Lipinski definition) is 0. The van der Waals surface area contributed by atoms with E-state index in [4.69, 9.17) is 0 Å². The Morgan fingerprint density at radius 2 is 1.02 bits per heavy atom. The summed E-state index contributed by atoms with van der Waals surface area (Å²) < 4.78 is 0. The van der Waals surface area contributed by atoms with E-state index < -0.39 is 0 Å². The first kappa shape index (κ1) is 32.5. The molecule has 0 heterocycles. The maximum Gasteiger partial charge on any atom is 0.0513 e.